The van der Waals surface area contributed by atoms with Gasteiger partial charge in [0.1, 0.15) is 5.82 Å². The maximum Gasteiger partial charge on any atom is 0.202 e. The zero-order valence-corrected chi connectivity index (χ0v) is 12.1. The Morgan fingerprint density at radius 3 is 2.63 bits per heavy atom. The number of ketones is 1. The van der Waals surface area contributed by atoms with Crippen LogP contribution in [0.5, 0.6) is 0 Å². The highest BCUT2D eigenvalue weighted by atomic mass is 32.1. The highest BCUT2D eigenvalue weighted by Gasteiger charge is 2.22. The SMILES string of the molecule is CC(C)(C)C(=O)Cn1c(N)c2ccccc2nc1=S. The van der Waals surface area contributed by atoms with Crippen molar-refractivity contribution in [2.45, 2.75) is 27.3 Å². The second-order valence-corrected chi connectivity index (χ2v) is 5.92. The zero-order chi connectivity index (χ0) is 14.2. The van der Waals surface area contributed by atoms with Crippen LogP contribution in [0, 0.1) is 10.2 Å². The van der Waals surface area contributed by atoms with Crippen LogP contribution < -0.4 is 5.73 Å². The fourth-order valence-corrected chi connectivity index (χ4v) is 1.99. The van der Waals surface area contributed by atoms with E-state index in [2.05, 4.69) is 4.98 Å². The van der Waals surface area contributed by atoms with Gasteiger partial charge in [0.25, 0.3) is 0 Å². The fraction of sp³-hybridized carbons (Fsp3) is 0.357. The van der Waals surface area contributed by atoms with Crippen molar-refractivity contribution in [2.24, 2.45) is 5.41 Å². The molecule has 0 fully saturated rings. The number of carbonyl (C=O) groups is 1. The third-order valence-electron chi connectivity index (χ3n) is 3.06. The summed E-state index contributed by atoms with van der Waals surface area (Å²) in [5.41, 5.74) is 6.45. The first-order chi connectivity index (χ1) is 8.80. The number of aromatic nitrogens is 2. The Bertz CT molecular complexity index is 698. The van der Waals surface area contributed by atoms with Crippen molar-refractivity contribution < 1.29 is 4.79 Å². The normalized spacial score (nSPS) is 11.7. The molecule has 2 N–H and O–H groups in total. The van der Waals surface area contributed by atoms with Gasteiger partial charge in [0, 0.05) is 10.8 Å². The molecular weight excluding hydrogens is 258 g/mol. The number of hydrogen-bond donors (Lipinski definition) is 1. The van der Waals surface area contributed by atoms with Crippen molar-refractivity contribution in [3.8, 4) is 0 Å². The molecule has 0 bridgehead atoms. The number of anilines is 1. The van der Waals surface area contributed by atoms with Crippen LogP contribution in [0.1, 0.15) is 20.8 Å². The van der Waals surface area contributed by atoms with Crippen LogP contribution in [0.4, 0.5) is 5.82 Å². The molecule has 1 aromatic carbocycles. The summed E-state index contributed by atoms with van der Waals surface area (Å²) >= 11 is 5.23. The Morgan fingerprint density at radius 1 is 1.37 bits per heavy atom. The van der Waals surface area contributed by atoms with Gasteiger partial charge < -0.3 is 5.73 Å². The van der Waals surface area contributed by atoms with E-state index in [1.807, 2.05) is 45.0 Å². The predicted molar refractivity (Wildman–Crippen MR) is 79.4 cm³/mol. The predicted octanol–water partition coefficient (Wildman–Crippen LogP) is 2.96. The van der Waals surface area contributed by atoms with Gasteiger partial charge >= 0.3 is 0 Å². The number of nitrogens with zero attached hydrogens (tertiary/aromatic N) is 2. The summed E-state index contributed by atoms with van der Waals surface area (Å²) in [6.07, 6.45) is 0. The molecule has 0 unspecified atom stereocenters. The summed E-state index contributed by atoms with van der Waals surface area (Å²) in [5.74, 6) is 0.570. The van der Waals surface area contributed by atoms with Gasteiger partial charge in [-0.15, -0.1) is 0 Å². The molecule has 2 rings (SSSR count). The van der Waals surface area contributed by atoms with Crippen LogP contribution in [0.2, 0.25) is 0 Å². The second kappa shape index (κ2) is 4.74. The molecule has 0 aliphatic heterocycles. The Kier molecular flexibility index (Phi) is 3.41. The van der Waals surface area contributed by atoms with Crippen molar-refractivity contribution in [1.82, 2.24) is 9.55 Å². The van der Waals surface area contributed by atoms with Gasteiger partial charge in [-0.2, -0.15) is 0 Å². The summed E-state index contributed by atoms with van der Waals surface area (Å²) in [6, 6.07) is 7.51. The van der Waals surface area contributed by atoms with Gasteiger partial charge in [-0.25, -0.2) is 4.98 Å². The van der Waals surface area contributed by atoms with Crippen LogP contribution >= 0.6 is 12.2 Å². The van der Waals surface area contributed by atoms with Crippen molar-refractivity contribution in [3.63, 3.8) is 0 Å². The number of fused-ring (bicyclic) bond motifs is 1. The van der Waals surface area contributed by atoms with E-state index < -0.39 is 5.41 Å². The lowest BCUT2D eigenvalue weighted by Gasteiger charge is -2.19. The average molecular weight is 275 g/mol. The second-order valence-electron chi connectivity index (χ2n) is 5.56. The number of para-hydroxylation sites is 1. The lowest BCUT2D eigenvalue weighted by atomic mass is 9.91. The summed E-state index contributed by atoms with van der Waals surface area (Å²) in [4.78, 5) is 16.4. The van der Waals surface area contributed by atoms with Crippen LogP contribution in [0.15, 0.2) is 24.3 Å². The number of rotatable bonds is 2. The van der Waals surface area contributed by atoms with Gasteiger partial charge in [-0.1, -0.05) is 32.9 Å². The van der Waals surface area contributed by atoms with Gasteiger partial charge in [0.05, 0.1) is 12.1 Å². The minimum atomic E-state index is -0.424. The number of benzene rings is 1. The molecule has 0 atom stereocenters. The molecule has 4 nitrogen and oxygen atoms in total. The van der Waals surface area contributed by atoms with E-state index in [4.69, 9.17) is 18.0 Å². The third kappa shape index (κ3) is 2.66. The van der Waals surface area contributed by atoms with Crippen LogP contribution in [-0.4, -0.2) is 15.3 Å². The third-order valence-corrected chi connectivity index (χ3v) is 3.37. The van der Waals surface area contributed by atoms with E-state index in [1.165, 1.54) is 0 Å². The molecule has 2 aromatic rings. The van der Waals surface area contributed by atoms with Gasteiger partial charge in [-0.3, -0.25) is 9.36 Å². The fourth-order valence-electron chi connectivity index (χ4n) is 1.73. The summed E-state index contributed by atoms with van der Waals surface area (Å²) in [5, 5.41) is 0.817. The van der Waals surface area contributed by atoms with E-state index in [0.717, 1.165) is 10.9 Å². The molecule has 0 saturated carbocycles. The minimum absolute atomic E-state index is 0.0763. The molecule has 19 heavy (non-hydrogen) atoms. The van der Waals surface area contributed by atoms with Crippen LogP contribution in [0.25, 0.3) is 10.9 Å². The average Bonchev–Trinajstić information content (AvgIpc) is 2.33. The molecule has 5 heteroatoms. The van der Waals surface area contributed by atoms with Gasteiger partial charge in [0.15, 0.2) is 5.78 Å². The lowest BCUT2D eigenvalue weighted by molar-refractivity contribution is -0.126. The van der Waals surface area contributed by atoms with E-state index >= 15 is 0 Å². The van der Waals surface area contributed by atoms with Crippen molar-refractivity contribution in [1.29, 1.82) is 0 Å². The van der Waals surface area contributed by atoms with E-state index in [-0.39, 0.29) is 12.3 Å². The molecule has 0 radical (unpaired) electrons. The Balaban J connectivity index is 2.56. The summed E-state index contributed by atoms with van der Waals surface area (Å²) in [7, 11) is 0. The maximum absolute atomic E-state index is 12.1. The topological polar surface area (TPSA) is 60.9 Å². The molecule has 0 aliphatic carbocycles. The number of hydrogen-bond acceptors (Lipinski definition) is 4. The van der Waals surface area contributed by atoms with E-state index in [0.29, 0.717) is 10.6 Å². The van der Waals surface area contributed by atoms with Crippen LogP contribution in [-0.2, 0) is 11.3 Å². The number of nitrogen functional groups attached to an aromatic ring is 1. The number of nitrogens with two attached hydrogens (primary N) is 1. The highest BCUT2D eigenvalue weighted by Crippen LogP contribution is 2.22. The smallest absolute Gasteiger partial charge is 0.202 e. The van der Waals surface area contributed by atoms with Crippen molar-refractivity contribution in [3.05, 3.63) is 29.0 Å². The van der Waals surface area contributed by atoms with Crippen LogP contribution in [0.3, 0.4) is 0 Å². The molecule has 0 saturated heterocycles. The van der Waals surface area contributed by atoms with Gasteiger partial charge in [0.2, 0.25) is 4.77 Å². The van der Waals surface area contributed by atoms with E-state index in [9.17, 15) is 4.79 Å². The zero-order valence-electron chi connectivity index (χ0n) is 11.3. The maximum atomic E-state index is 12.1. The molecule has 0 aliphatic rings. The van der Waals surface area contributed by atoms with Crippen molar-refractivity contribution >= 4 is 34.7 Å². The lowest BCUT2D eigenvalue weighted by Crippen LogP contribution is -2.26. The van der Waals surface area contributed by atoms with E-state index in [1.54, 1.807) is 4.57 Å². The highest BCUT2D eigenvalue weighted by molar-refractivity contribution is 7.71. The molecular formula is C14H17N3OS. The molecule has 0 spiro atoms. The minimum Gasteiger partial charge on any atom is -0.384 e. The first-order valence-corrected chi connectivity index (χ1v) is 6.50. The summed E-state index contributed by atoms with van der Waals surface area (Å²) in [6.45, 7) is 5.79. The summed E-state index contributed by atoms with van der Waals surface area (Å²) < 4.78 is 1.94. The quantitative estimate of drug-likeness (QED) is 0.856. The Morgan fingerprint density at radius 2 is 2.00 bits per heavy atom. The Labute approximate surface area is 117 Å². The first-order valence-electron chi connectivity index (χ1n) is 6.09. The van der Waals surface area contributed by atoms with Crippen molar-refractivity contribution in [2.75, 3.05) is 5.73 Å². The largest absolute Gasteiger partial charge is 0.384 e. The number of carbonyl (C=O) groups excluding carboxylic acids is 1. The van der Waals surface area contributed by atoms with Gasteiger partial charge in [-0.05, 0) is 24.4 Å². The monoisotopic (exact) mass is 275 g/mol. The first kappa shape index (κ1) is 13.7. The molecule has 1 aromatic heterocycles. The number of Topliss-reactive ketones (excluding diaryl/α,β-unsaturated/α-hetero) is 1. The molecule has 100 valence electrons. The molecule has 0 amide bonds. The Hall–Kier alpha value is -1.75. The standard InChI is InChI=1S/C14H17N3OS/c1-14(2,3)11(18)8-17-12(15)9-6-4-5-7-10(9)16-13(17)19/h4-7H,8,15H2,1-3H3. The molecule has 1 heterocycles.